The first kappa shape index (κ1) is 11.1. The Kier molecular flexibility index (Phi) is 3.54. The zero-order valence-corrected chi connectivity index (χ0v) is 9.46. The van der Waals surface area contributed by atoms with Crippen LogP contribution in [0.1, 0.15) is 5.82 Å². The lowest BCUT2D eigenvalue weighted by Crippen LogP contribution is -2.15. The van der Waals surface area contributed by atoms with Gasteiger partial charge in [0.05, 0.1) is 13.3 Å². The summed E-state index contributed by atoms with van der Waals surface area (Å²) < 4.78 is 16.2. The van der Waals surface area contributed by atoms with E-state index in [2.05, 4.69) is 9.97 Å². The third-order valence-corrected chi connectivity index (χ3v) is 2.56. The molecule has 0 N–H and O–H groups in total. The highest BCUT2D eigenvalue weighted by Crippen LogP contribution is 2.18. The number of anilines is 1. The van der Waals surface area contributed by atoms with Gasteiger partial charge in [0, 0.05) is 14.1 Å². The van der Waals surface area contributed by atoms with E-state index in [0.717, 1.165) is 0 Å². The van der Waals surface area contributed by atoms with Crippen molar-refractivity contribution in [3.05, 3.63) is 12.0 Å². The van der Waals surface area contributed by atoms with Crippen LogP contribution in [0.25, 0.3) is 0 Å². The minimum Gasteiger partial charge on any atom is -0.362 e. The molecule has 78 valence electrons. The van der Waals surface area contributed by atoms with Gasteiger partial charge in [0.2, 0.25) is 0 Å². The average Bonchev–Trinajstić information content (AvgIpc) is 2.16. The quantitative estimate of drug-likeness (QED) is 0.735. The highest BCUT2D eigenvalue weighted by atomic mass is 32.2. The molecule has 5 nitrogen and oxygen atoms in total. The fourth-order valence-corrected chi connectivity index (χ4v) is 1.67. The predicted octanol–water partition coefficient (Wildman–Crippen LogP) is 0.520. The summed E-state index contributed by atoms with van der Waals surface area (Å²) in [6.07, 6.45) is 1.53. The smallest absolute Gasteiger partial charge is 0.194 e. The number of aryl methyl sites for hydroxylation is 1. The van der Waals surface area contributed by atoms with Gasteiger partial charge in [-0.05, 0) is 6.92 Å². The molecule has 0 spiro atoms. The largest absolute Gasteiger partial charge is 0.362 e. The van der Waals surface area contributed by atoms with Gasteiger partial charge in [0.15, 0.2) is 16.9 Å². The molecule has 0 aliphatic rings. The van der Waals surface area contributed by atoms with Gasteiger partial charge in [-0.25, -0.2) is 14.2 Å². The van der Waals surface area contributed by atoms with Crippen molar-refractivity contribution in [2.45, 2.75) is 11.8 Å². The first-order valence-corrected chi connectivity index (χ1v) is 5.11. The summed E-state index contributed by atoms with van der Waals surface area (Å²) in [4.78, 5) is 10.4. The molecule has 0 saturated heterocycles. The maximum atomic E-state index is 11.4. The number of hydrogen-bond donors (Lipinski definition) is 0. The van der Waals surface area contributed by atoms with E-state index in [-0.39, 0.29) is 0 Å². The Morgan fingerprint density at radius 3 is 2.64 bits per heavy atom. The molecular formula is C8H13N3O2S. The normalized spacial score (nSPS) is 12.6. The monoisotopic (exact) mass is 215 g/mol. The van der Waals surface area contributed by atoms with Crippen molar-refractivity contribution < 1.29 is 8.39 Å². The van der Waals surface area contributed by atoms with Gasteiger partial charge in [-0.1, -0.05) is 0 Å². The van der Waals surface area contributed by atoms with Gasteiger partial charge in [-0.3, -0.25) is 4.18 Å². The Balaban J connectivity index is 3.21. The second-order valence-electron chi connectivity index (χ2n) is 2.90. The van der Waals surface area contributed by atoms with E-state index in [1.54, 1.807) is 11.8 Å². The summed E-state index contributed by atoms with van der Waals surface area (Å²) in [5.41, 5.74) is 0. The SMILES string of the molecule is COS(=O)c1cnc(C)nc1N(C)C. The fourth-order valence-electron chi connectivity index (χ4n) is 0.975. The molecule has 1 atom stereocenters. The lowest BCUT2D eigenvalue weighted by atomic mass is 10.5. The van der Waals surface area contributed by atoms with Crippen LogP contribution in [0, 0.1) is 6.92 Å². The molecule has 0 bridgehead atoms. The van der Waals surface area contributed by atoms with Crippen LogP contribution >= 0.6 is 0 Å². The van der Waals surface area contributed by atoms with E-state index < -0.39 is 11.1 Å². The molecule has 1 aromatic rings. The van der Waals surface area contributed by atoms with E-state index in [1.807, 2.05) is 14.1 Å². The Morgan fingerprint density at radius 2 is 2.14 bits per heavy atom. The molecule has 1 aromatic heterocycles. The lowest BCUT2D eigenvalue weighted by Gasteiger charge is -2.14. The molecule has 1 heterocycles. The van der Waals surface area contributed by atoms with Crippen molar-refractivity contribution >= 4 is 16.9 Å². The van der Waals surface area contributed by atoms with Gasteiger partial charge in [0.25, 0.3) is 0 Å². The first-order valence-electron chi connectivity index (χ1n) is 4.03. The zero-order valence-electron chi connectivity index (χ0n) is 8.64. The predicted molar refractivity (Wildman–Crippen MR) is 54.5 cm³/mol. The maximum Gasteiger partial charge on any atom is 0.194 e. The van der Waals surface area contributed by atoms with Gasteiger partial charge in [0.1, 0.15) is 10.7 Å². The van der Waals surface area contributed by atoms with Gasteiger partial charge >= 0.3 is 0 Å². The molecule has 0 aliphatic carbocycles. The summed E-state index contributed by atoms with van der Waals surface area (Å²) in [7, 11) is 5.05. The van der Waals surface area contributed by atoms with E-state index in [1.165, 1.54) is 13.3 Å². The van der Waals surface area contributed by atoms with Crippen LogP contribution in [-0.4, -0.2) is 35.4 Å². The minimum atomic E-state index is -1.50. The lowest BCUT2D eigenvalue weighted by molar-refractivity contribution is 0.445. The van der Waals surface area contributed by atoms with E-state index in [4.69, 9.17) is 4.18 Å². The van der Waals surface area contributed by atoms with Crippen molar-refractivity contribution in [1.82, 2.24) is 9.97 Å². The van der Waals surface area contributed by atoms with E-state index in [9.17, 15) is 4.21 Å². The molecule has 0 aliphatic heterocycles. The molecule has 0 fully saturated rings. The number of hydrogen-bond acceptors (Lipinski definition) is 5. The van der Waals surface area contributed by atoms with Crippen LogP contribution in [0.3, 0.4) is 0 Å². The second kappa shape index (κ2) is 4.47. The Morgan fingerprint density at radius 1 is 1.50 bits per heavy atom. The molecule has 14 heavy (non-hydrogen) atoms. The van der Waals surface area contributed by atoms with Crippen LogP contribution < -0.4 is 4.90 Å². The Bertz CT molecular complexity index is 354. The van der Waals surface area contributed by atoms with Gasteiger partial charge in [-0.15, -0.1) is 0 Å². The van der Waals surface area contributed by atoms with Crippen LogP contribution in [0.15, 0.2) is 11.1 Å². The Labute approximate surface area is 85.8 Å². The van der Waals surface area contributed by atoms with Crippen molar-refractivity contribution in [3.63, 3.8) is 0 Å². The molecule has 0 amide bonds. The fraction of sp³-hybridized carbons (Fsp3) is 0.500. The number of rotatable bonds is 3. The highest BCUT2D eigenvalue weighted by Gasteiger charge is 2.13. The molecule has 1 unspecified atom stereocenters. The minimum absolute atomic E-state index is 0.489. The maximum absolute atomic E-state index is 11.4. The van der Waals surface area contributed by atoms with E-state index in [0.29, 0.717) is 16.5 Å². The molecule has 6 heteroatoms. The van der Waals surface area contributed by atoms with Crippen LogP contribution in [0.4, 0.5) is 5.82 Å². The molecule has 0 aromatic carbocycles. The average molecular weight is 215 g/mol. The highest BCUT2D eigenvalue weighted by molar-refractivity contribution is 7.80. The standard InChI is InChI=1S/C8H13N3O2S/c1-6-9-5-7(14(12)13-4)8(10-6)11(2)3/h5H,1-4H3. The summed E-state index contributed by atoms with van der Waals surface area (Å²) in [5.74, 6) is 1.27. The van der Waals surface area contributed by atoms with Crippen LogP contribution in [0.5, 0.6) is 0 Å². The van der Waals surface area contributed by atoms with Crippen molar-refractivity contribution in [2.24, 2.45) is 0 Å². The van der Waals surface area contributed by atoms with Crippen molar-refractivity contribution in [2.75, 3.05) is 26.1 Å². The molecule has 0 saturated carbocycles. The zero-order chi connectivity index (χ0) is 10.7. The van der Waals surface area contributed by atoms with E-state index >= 15 is 0 Å². The summed E-state index contributed by atoms with van der Waals surface area (Å²) >= 11 is -1.50. The van der Waals surface area contributed by atoms with Crippen molar-refractivity contribution in [1.29, 1.82) is 0 Å². The first-order chi connectivity index (χ1) is 6.56. The third-order valence-electron chi connectivity index (χ3n) is 1.61. The second-order valence-corrected chi connectivity index (χ2v) is 4.14. The summed E-state index contributed by atoms with van der Waals surface area (Å²) in [6, 6.07) is 0. The molecule has 1 rings (SSSR count). The number of aromatic nitrogens is 2. The molecule has 0 radical (unpaired) electrons. The third kappa shape index (κ3) is 2.27. The molecular weight excluding hydrogens is 202 g/mol. The van der Waals surface area contributed by atoms with Gasteiger partial charge in [-0.2, -0.15) is 0 Å². The number of nitrogens with zero attached hydrogens (tertiary/aromatic N) is 3. The van der Waals surface area contributed by atoms with Crippen molar-refractivity contribution in [3.8, 4) is 0 Å². The van der Waals surface area contributed by atoms with Crippen LogP contribution in [0.2, 0.25) is 0 Å². The summed E-state index contributed by atoms with van der Waals surface area (Å²) in [5, 5.41) is 0. The van der Waals surface area contributed by atoms with Gasteiger partial charge < -0.3 is 4.90 Å². The van der Waals surface area contributed by atoms with Crippen LogP contribution in [-0.2, 0) is 15.3 Å². The topological polar surface area (TPSA) is 55.3 Å². The Hall–Kier alpha value is -1.01. The summed E-state index contributed by atoms with van der Waals surface area (Å²) in [6.45, 7) is 1.78.